The minimum Gasteiger partial charge on any atom is -0.481 e. The minimum absolute atomic E-state index is 0.292. The Morgan fingerprint density at radius 2 is 1.82 bits per heavy atom. The summed E-state index contributed by atoms with van der Waals surface area (Å²) in [6.45, 7) is 0.934. The first-order valence-corrected chi connectivity index (χ1v) is 5.33. The van der Waals surface area contributed by atoms with Crippen molar-refractivity contribution in [3.05, 3.63) is 0 Å². The normalized spacial score (nSPS) is 18.4. The van der Waals surface area contributed by atoms with Gasteiger partial charge < -0.3 is 20.3 Å². The van der Waals surface area contributed by atoms with E-state index in [9.17, 15) is 14.4 Å². The molecule has 1 atom stereocenters. The Kier molecular flexibility index (Phi) is 4.89. The van der Waals surface area contributed by atoms with Crippen LogP contribution in [0, 0.1) is 5.92 Å². The molecule has 0 radical (unpaired) electrons. The molecule has 1 fully saturated rings. The molecule has 0 aromatic heterocycles. The molecule has 3 N–H and O–H groups in total. The van der Waals surface area contributed by atoms with Crippen molar-refractivity contribution in [3.63, 3.8) is 0 Å². The van der Waals surface area contributed by atoms with E-state index in [-0.39, 0.29) is 5.92 Å². The molecule has 0 saturated carbocycles. The highest BCUT2D eigenvalue weighted by Crippen LogP contribution is 2.15. The fourth-order valence-electron chi connectivity index (χ4n) is 1.62. The van der Waals surface area contributed by atoms with Crippen LogP contribution >= 0.6 is 0 Å². The van der Waals surface area contributed by atoms with Crippen LogP contribution in [0.1, 0.15) is 19.3 Å². The number of hydrogen-bond acceptors (Lipinski definition) is 4. The van der Waals surface area contributed by atoms with E-state index in [1.165, 1.54) is 0 Å². The Morgan fingerprint density at radius 3 is 2.29 bits per heavy atom. The van der Waals surface area contributed by atoms with Crippen molar-refractivity contribution in [2.75, 3.05) is 13.2 Å². The molecule has 0 aromatic carbocycles. The Morgan fingerprint density at radius 1 is 1.24 bits per heavy atom. The number of carbonyl (C=O) groups excluding carboxylic acids is 1. The lowest BCUT2D eigenvalue weighted by molar-refractivity contribution is -0.148. The van der Waals surface area contributed by atoms with Gasteiger partial charge in [0.1, 0.15) is 6.04 Å². The number of rotatable bonds is 5. The molecule has 0 aliphatic carbocycles. The summed E-state index contributed by atoms with van der Waals surface area (Å²) >= 11 is 0. The number of nitrogens with one attached hydrogen (secondary N) is 1. The van der Waals surface area contributed by atoms with Gasteiger partial charge in [0.25, 0.3) is 0 Å². The molecule has 0 spiro atoms. The molecule has 1 aliphatic heterocycles. The van der Waals surface area contributed by atoms with Gasteiger partial charge >= 0.3 is 11.9 Å². The third-order valence-corrected chi connectivity index (χ3v) is 2.59. The van der Waals surface area contributed by atoms with Crippen LogP contribution in [0.15, 0.2) is 0 Å². The van der Waals surface area contributed by atoms with Gasteiger partial charge in [0.15, 0.2) is 0 Å². The first-order chi connectivity index (χ1) is 8.00. The standard InChI is InChI=1S/C10H15NO6/c12-8(13)5-7(10(15)16)11-9(14)6-1-3-17-4-2-6/h6-7H,1-5H2,(H,11,14)(H,12,13)(H,15,16)/t7-/m1/s1. The van der Waals surface area contributed by atoms with Crippen LogP contribution in [0.3, 0.4) is 0 Å². The number of ether oxygens (including phenoxy) is 1. The fourth-order valence-corrected chi connectivity index (χ4v) is 1.62. The van der Waals surface area contributed by atoms with E-state index >= 15 is 0 Å². The van der Waals surface area contributed by atoms with E-state index in [1.807, 2.05) is 0 Å². The fraction of sp³-hybridized carbons (Fsp3) is 0.700. The van der Waals surface area contributed by atoms with Crippen LogP contribution in [0.5, 0.6) is 0 Å². The van der Waals surface area contributed by atoms with Gasteiger partial charge in [0, 0.05) is 19.1 Å². The van der Waals surface area contributed by atoms with E-state index in [4.69, 9.17) is 14.9 Å². The van der Waals surface area contributed by atoms with Crippen molar-refractivity contribution in [2.45, 2.75) is 25.3 Å². The second kappa shape index (κ2) is 6.19. The molecule has 17 heavy (non-hydrogen) atoms. The van der Waals surface area contributed by atoms with Crippen LogP contribution in [-0.2, 0) is 19.1 Å². The van der Waals surface area contributed by atoms with Crippen molar-refractivity contribution >= 4 is 17.8 Å². The zero-order valence-electron chi connectivity index (χ0n) is 9.22. The molecule has 1 saturated heterocycles. The van der Waals surface area contributed by atoms with Gasteiger partial charge in [-0.05, 0) is 12.8 Å². The maximum Gasteiger partial charge on any atom is 0.326 e. The molecule has 7 heteroatoms. The summed E-state index contributed by atoms with van der Waals surface area (Å²) in [7, 11) is 0. The largest absolute Gasteiger partial charge is 0.481 e. The summed E-state index contributed by atoms with van der Waals surface area (Å²) in [4.78, 5) is 32.9. The van der Waals surface area contributed by atoms with Gasteiger partial charge in [-0.2, -0.15) is 0 Å². The molecule has 96 valence electrons. The number of amides is 1. The molecule has 0 aromatic rings. The van der Waals surface area contributed by atoms with Gasteiger partial charge in [0.05, 0.1) is 6.42 Å². The highest BCUT2D eigenvalue weighted by atomic mass is 16.5. The maximum atomic E-state index is 11.7. The molecule has 0 bridgehead atoms. The first-order valence-electron chi connectivity index (χ1n) is 5.33. The zero-order valence-corrected chi connectivity index (χ0v) is 9.22. The molecule has 1 amide bonds. The van der Waals surface area contributed by atoms with Gasteiger partial charge in [0.2, 0.25) is 5.91 Å². The maximum absolute atomic E-state index is 11.7. The quantitative estimate of drug-likeness (QED) is 0.599. The Balaban J connectivity index is 2.50. The van der Waals surface area contributed by atoms with Crippen molar-refractivity contribution in [1.29, 1.82) is 0 Å². The van der Waals surface area contributed by atoms with Gasteiger partial charge in [-0.1, -0.05) is 0 Å². The van der Waals surface area contributed by atoms with Crippen molar-refractivity contribution in [3.8, 4) is 0 Å². The highest BCUT2D eigenvalue weighted by molar-refractivity contribution is 5.87. The van der Waals surface area contributed by atoms with E-state index in [0.717, 1.165) is 0 Å². The molecule has 0 unspecified atom stereocenters. The molecule has 1 heterocycles. The Hall–Kier alpha value is -1.63. The van der Waals surface area contributed by atoms with Gasteiger partial charge in [-0.15, -0.1) is 0 Å². The third kappa shape index (κ3) is 4.39. The summed E-state index contributed by atoms with van der Waals surface area (Å²) in [6.07, 6.45) is 0.445. The van der Waals surface area contributed by atoms with Crippen LogP contribution < -0.4 is 5.32 Å². The lowest BCUT2D eigenvalue weighted by Crippen LogP contribution is -2.45. The minimum atomic E-state index is -1.37. The second-order valence-corrected chi connectivity index (χ2v) is 3.88. The molecular weight excluding hydrogens is 230 g/mol. The smallest absolute Gasteiger partial charge is 0.326 e. The average molecular weight is 245 g/mol. The van der Waals surface area contributed by atoms with Crippen molar-refractivity contribution < 1.29 is 29.3 Å². The van der Waals surface area contributed by atoms with Crippen molar-refractivity contribution in [2.24, 2.45) is 5.92 Å². The number of carboxylic acids is 2. The number of carbonyl (C=O) groups is 3. The first kappa shape index (κ1) is 13.4. The third-order valence-electron chi connectivity index (χ3n) is 2.59. The van der Waals surface area contributed by atoms with Gasteiger partial charge in [-0.3, -0.25) is 9.59 Å². The molecular formula is C10H15NO6. The van der Waals surface area contributed by atoms with Gasteiger partial charge in [-0.25, -0.2) is 4.79 Å². The lowest BCUT2D eigenvalue weighted by atomic mass is 9.99. The SMILES string of the molecule is O=C(O)C[C@@H](NC(=O)C1CCOCC1)C(=O)O. The number of carboxylic acid groups (broad SMARTS) is 2. The van der Waals surface area contributed by atoms with Crippen LogP contribution in [0.4, 0.5) is 0 Å². The topological polar surface area (TPSA) is 113 Å². The predicted octanol–water partition coefficient (Wildman–Crippen LogP) is -0.543. The number of aliphatic carboxylic acids is 2. The van der Waals surface area contributed by atoms with E-state index in [2.05, 4.69) is 5.32 Å². The summed E-state index contributed by atoms with van der Waals surface area (Å²) in [5, 5.41) is 19.5. The van der Waals surface area contributed by atoms with Crippen molar-refractivity contribution in [1.82, 2.24) is 5.32 Å². The van der Waals surface area contributed by atoms with Crippen LogP contribution in [-0.4, -0.2) is 47.3 Å². The average Bonchev–Trinajstić information content (AvgIpc) is 2.28. The van der Waals surface area contributed by atoms with E-state index in [1.54, 1.807) is 0 Å². The second-order valence-electron chi connectivity index (χ2n) is 3.88. The lowest BCUT2D eigenvalue weighted by Gasteiger charge is -2.22. The highest BCUT2D eigenvalue weighted by Gasteiger charge is 2.28. The summed E-state index contributed by atoms with van der Waals surface area (Å²) in [5.41, 5.74) is 0. The monoisotopic (exact) mass is 245 g/mol. The Labute approximate surface area is 97.8 Å². The molecule has 1 rings (SSSR count). The van der Waals surface area contributed by atoms with Crippen LogP contribution in [0.2, 0.25) is 0 Å². The summed E-state index contributed by atoms with van der Waals surface area (Å²) < 4.78 is 5.08. The molecule has 7 nitrogen and oxygen atoms in total. The van der Waals surface area contributed by atoms with E-state index < -0.39 is 30.3 Å². The Bertz CT molecular complexity index is 310. The number of hydrogen-bond donors (Lipinski definition) is 3. The predicted molar refractivity (Wildman–Crippen MR) is 55.4 cm³/mol. The summed E-state index contributed by atoms with van der Waals surface area (Å²) in [5.74, 6) is -3.31. The van der Waals surface area contributed by atoms with Crippen LogP contribution in [0.25, 0.3) is 0 Å². The zero-order chi connectivity index (χ0) is 12.8. The molecule has 1 aliphatic rings. The van der Waals surface area contributed by atoms with E-state index in [0.29, 0.717) is 26.1 Å². The summed E-state index contributed by atoms with van der Waals surface area (Å²) in [6, 6.07) is -1.37.